The third kappa shape index (κ3) is 1.95. The van der Waals surface area contributed by atoms with Crippen LogP contribution in [0.2, 0.25) is 0 Å². The first-order valence-electron chi connectivity index (χ1n) is 6.85. The van der Waals surface area contributed by atoms with E-state index in [0.717, 1.165) is 16.7 Å². The Morgan fingerprint density at radius 1 is 1.32 bits per heavy atom. The van der Waals surface area contributed by atoms with Crippen LogP contribution in [-0.2, 0) is 0 Å². The molecule has 1 aromatic heterocycles. The van der Waals surface area contributed by atoms with E-state index in [4.69, 9.17) is 0 Å². The van der Waals surface area contributed by atoms with Crippen LogP contribution in [0, 0.1) is 0 Å². The maximum Gasteiger partial charge on any atom is 0.261 e. The number of fused-ring (bicyclic) bond motifs is 3. The molecule has 3 heterocycles. The summed E-state index contributed by atoms with van der Waals surface area (Å²) in [5.74, 6) is 0.0838. The van der Waals surface area contributed by atoms with Crippen LogP contribution in [-0.4, -0.2) is 24.0 Å². The van der Waals surface area contributed by atoms with Crippen LogP contribution < -0.4 is 10.6 Å². The van der Waals surface area contributed by atoms with Gasteiger partial charge in [0.25, 0.3) is 5.91 Å². The molecule has 2 fully saturated rings. The molecule has 2 aromatic rings. The SMILES string of the molecule is O=C(NC1CC2CCC1N2)c1cc2ccccc2s1. The van der Waals surface area contributed by atoms with Crippen LogP contribution in [0.25, 0.3) is 10.1 Å². The van der Waals surface area contributed by atoms with Gasteiger partial charge in [0, 0.05) is 22.8 Å². The molecule has 2 aliphatic rings. The first-order chi connectivity index (χ1) is 9.29. The summed E-state index contributed by atoms with van der Waals surface area (Å²) in [6.07, 6.45) is 3.54. The number of carbonyl (C=O) groups excluding carboxylic acids is 1. The Morgan fingerprint density at radius 2 is 2.21 bits per heavy atom. The highest BCUT2D eigenvalue weighted by molar-refractivity contribution is 7.20. The van der Waals surface area contributed by atoms with Crippen molar-refractivity contribution in [1.29, 1.82) is 0 Å². The number of thiophene rings is 1. The predicted octanol–water partition coefficient (Wildman–Crippen LogP) is 2.52. The molecule has 3 atom stereocenters. The highest BCUT2D eigenvalue weighted by Crippen LogP contribution is 2.29. The molecule has 4 heteroatoms. The highest BCUT2D eigenvalue weighted by atomic mass is 32.1. The molecule has 0 radical (unpaired) electrons. The number of carbonyl (C=O) groups is 1. The van der Waals surface area contributed by atoms with Crippen molar-refractivity contribution in [3.05, 3.63) is 35.2 Å². The van der Waals surface area contributed by atoms with Crippen molar-refractivity contribution in [1.82, 2.24) is 10.6 Å². The highest BCUT2D eigenvalue weighted by Gasteiger charge is 2.39. The van der Waals surface area contributed by atoms with Gasteiger partial charge in [-0.3, -0.25) is 4.79 Å². The average molecular weight is 272 g/mol. The van der Waals surface area contributed by atoms with Gasteiger partial charge in [-0.05, 0) is 36.8 Å². The molecule has 3 nitrogen and oxygen atoms in total. The van der Waals surface area contributed by atoms with E-state index in [1.807, 2.05) is 18.2 Å². The van der Waals surface area contributed by atoms with Crippen molar-refractivity contribution in [2.75, 3.05) is 0 Å². The van der Waals surface area contributed by atoms with E-state index >= 15 is 0 Å². The minimum atomic E-state index is 0.0838. The third-order valence-electron chi connectivity index (χ3n) is 4.27. The minimum Gasteiger partial charge on any atom is -0.347 e. The standard InChI is InChI=1S/C15H16N2OS/c18-15(17-12-8-10-5-6-11(12)16-10)14-7-9-3-1-2-4-13(9)19-14/h1-4,7,10-12,16H,5-6,8H2,(H,17,18). The lowest BCUT2D eigenvalue weighted by molar-refractivity contribution is 0.0935. The molecule has 0 aliphatic carbocycles. The average Bonchev–Trinajstić information content (AvgIpc) is 3.12. The van der Waals surface area contributed by atoms with Gasteiger partial charge in [0.2, 0.25) is 0 Å². The monoisotopic (exact) mass is 272 g/mol. The molecule has 0 saturated carbocycles. The Labute approximate surface area is 116 Å². The zero-order valence-electron chi connectivity index (χ0n) is 10.6. The summed E-state index contributed by atoms with van der Waals surface area (Å²) in [4.78, 5) is 13.1. The van der Waals surface area contributed by atoms with Gasteiger partial charge >= 0.3 is 0 Å². The van der Waals surface area contributed by atoms with E-state index in [1.54, 1.807) is 11.3 Å². The number of nitrogens with one attached hydrogen (secondary N) is 2. The minimum absolute atomic E-state index is 0.0838. The van der Waals surface area contributed by atoms with E-state index in [-0.39, 0.29) is 5.91 Å². The lowest BCUT2D eigenvalue weighted by Crippen LogP contribution is -2.42. The van der Waals surface area contributed by atoms with Gasteiger partial charge in [0.15, 0.2) is 0 Å². The number of rotatable bonds is 2. The fourth-order valence-corrected chi connectivity index (χ4v) is 4.28. The van der Waals surface area contributed by atoms with Gasteiger partial charge in [-0.25, -0.2) is 0 Å². The smallest absolute Gasteiger partial charge is 0.261 e. The summed E-state index contributed by atoms with van der Waals surface area (Å²) >= 11 is 1.58. The summed E-state index contributed by atoms with van der Waals surface area (Å²) in [6, 6.07) is 11.6. The first kappa shape index (κ1) is 11.4. The number of benzene rings is 1. The van der Waals surface area contributed by atoms with Gasteiger partial charge in [-0.2, -0.15) is 0 Å². The normalized spacial score (nSPS) is 28.9. The van der Waals surface area contributed by atoms with Crippen molar-refractivity contribution < 1.29 is 4.79 Å². The van der Waals surface area contributed by atoms with Gasteiger partial charge < -0.3 is 10.6 Å². The topological polar surface area (TPSA) is 41.1 Å². The predicted molar refractivity (Wildman–Crippen MR) is 77.6 cm³/mol. The zero-order chi connectivity index (χ0) is 12.8. The molecule has 2 bridgehead atoms. The van der Waals surface area contributed by atoms with Crippen LogP contribution in [0.1, 0.15) is 28.9 Å². The molecule has 2 saturated heterocycles. The van der Waals surface area contributed by atoms with Crippen LogP contribution in [0.5, 0.6) is 0 Å². The fourth-order valence-electron chi connectivity index (χ4n) is 3.32. The zero-order valence-corrected chi connectivity index (χ0v) is 11.4. The summed E-state index contributed by atoms with van der Waals surface area (Å²) in [5, 5.41) is 7.90. The second-order valence-electron chi connectivity index (χ2n) is 5.51. The second-order valence-corrected chi connectivity index (χ2v) is 6.60. The van der Waals surface area contributed by atoms with Gasteiger partial charge in [-0.1, -0.05) is 18.2 Å². The number of amides is 1. The molecule has 0 spiro atoms. The molecule has 2 aliphatic heterocycles. The summed E-state index contributed by atoms with van der Waals surface area (Å²) < 4.78 is 1.18. The molecule has 98 valence electrons. The van der Waals surface area contributed by atoms with Gasteiger partial charge in [0.05, 0.1) is 4.88 Å². The Kier molecular flexibility index (Phi) is 2.60. The maximum atomic E-state index is 12.3. The Hall–Kier alpha value is -1.39. The largest absolute Gasteiger partial charge is 0.347 e. The Bertz CT molecular complexity index is 603. The molecule has 1 amide bonds. The van der Waals surface area contributed by atoms with Crippen molar-refractivity contribution in [2.45, 2.75) is 37.4 Å². The number of hydrogen-bond acceptors (Lipinski definition) is 3. The van der Waals surface area contributed by atoms with Crippen LogP contribution in [0.4, 0.5) is 0 Å². The Morgan fingerprint density at radius 3 is 2.95 bits per heavy atom. The van der Waals surface area contributed by atoms with Gasteiger partial charge in [-0.15, -0.1) is 11.3 Å². The van der Waals surface area contributed by atoms with E-state index in [9.17, 15) is 4.79 Å². The van der Waals surface area contributed by atoms with Gasteiger partial charge in [0.1, 0.15) is 0 Å². The molecule has 4 rings (SSSR count). The summed E-state index contributed by atoms with van der Waals surface area (Å²) in [6.45, 7) is 0. The summed E-state index contributed by atoms with van der Waals surface area (Å²) in [7, 11) is 0. The third-order valence-corrected chi connectivity index (χ3v) is 5.38. The van der Waals surface area contributed by atoms with E-state index in [2.05, 4.69) is 22.8 Å². The molecular weight excluding hydrogens is 256 g/mol. The maximum absolute atomic E-state index is 12.3. The van der Waals surface area contributed by atoms with Crippen molar-refractivity contribution in [3.63, 3.8) is 0 Å². The van der Waals surface area contributed by atoms with Crippen LogP contribution in [0.3, 0.4) is 0 Å². The molecule has 19 heavy (non-hydrogen) atoms. The van der Waals surface area contributed by atoms with Crippen molar-refractivity contribution >= 4 is 27.3 Å². The van der Waals surface area contributed by atoms with E-state index in [1.165, 1.54) is 17.5 Å². The van der Waals surface area contributed by atoms with E-state index < -0.39 is 0 Å². The second kappa shape index (κ2) is 4.32. The molecule has 1 aromatic carbocycles. The van der Waals surface area contributed by atoms with Crippen LogP contribution >= 0.6 is 11.3 Å². The van der Waals surface area contributed by atoms with Crippen LogP contribution in [0.15, 0.2) is 30.3 Å². The van der Waals surface area contributed by atoms with Crippen molar-refractivity contribution in [3.8, 4) is 0 Å². The fraction of sp³-hybridized carbons (Fsp3) is 0.400. The lowest BCUT2D eigenvalue weighted by atomic mass is 9.95. The summed E-state index contributed by atoms with van der Waals surface area (Å²) in [5.41, 5.74) is 0. The van der Waals surface area contributed by atoms with Crippen molar-refractivity contribution in [2.24, 2.45) is 0 Å². The Balaban J connectivity index is 1.53. The molecular formula is C15H16N2OS. The molecule has 3 unspecified atom stereocenters. The quantitative estimate of drug-likeness (QED) is 0.882. The lowest BCUT2D eigenvalue weighted by Gasteiger charge is -2.20. The molecule has 2 N–H and O–H groups in total. The number of hydrogen-bond donors (Lipinski definition) is 2. The first-order valence-corrected chi connectivity index (χ1v) is 7.67. The van der Waals surface area contributed by atoms with E-state index in [0.29, 0.717) is 18.1 Å².